The zero-order valence-corrected chi connectivity index (χ0v) is 11.0. The molecule has 2 heterocycles. The predicted octanol–water partition coefficient (Wildman–Crippen LogP) is 2.14. The van der Waals surface area contributed by atoms with Crippen molar-refractivity contribution in [2.75, 3.05) is 5.32 Å². The van der Waals surface area contributed by atoms with Crippen molar-refractivity contribution >= 4 is 27.7 Å². The van der Waals surface area contributed by atoms with Gasteiger partial charge in [0.25, 0.3) is 5.91 Å². The van der Waals surface area contributed by atoms with Crippen molar-refractivity contribution in [3.63, 3.8) is 0 Å². The number of rotatable bonds is 2. The highest BCUT2D eigenvalue weighted by molar-refractivity contribution is 9.10. The lowest BCUT2D eigenvalue weighted by Gasteiger charge is -2.06. The molecule has 17 heavy (non-hydrogen) atoms. The maximum atomic E-state index is 11.9. The Bertz CT molecular complexity index is 564. The molecule has 0 atom stereocenters. The van der Waals surface area contributed by atoms with E-state index in [1.807, 2.05) is 6.92 Å². The lowest BCUT2D eigenvalue weighted by atomic mass is 10.3. The summed E-state index contributed by atoms with van der Waals surface area (Å²) in [5, 5.41) is 2.72. The number of carbonyl (C=O) groups is 1. The van der Waals surface area contributed by atoms with Crippen molar-refractivity contribution in [1.82, 2.24) is 14.5 Å². The van der Waals surface area contributed by atoms with Crippen molar-refractivity contribution in [3.05, 3.63) is 40.5 Å². The second kappa shape index (κ2) is 4.67. The number of nitrogens with one attached hydrogen (secondary N) is 1. The first kappa shape index (κ1) is 11.8. The van der Waals surface area contributed by atoms with Crippen LogP contribution in [0.25, 0.3) is 0 Å². The Balaban J connectivity index is 2.19. The molecule has 0 saturated heterocycles. The summed E-state index contributed by atoms with van der Waals surface area (Å²) in [7, 11) is 1.77. The molecular weight excluding hydrogens is 284 g/mol. The smallest absolute Gasteiger partial charge is 0.275 e. The highest BCUT2D eigenvalue weighted by atomic mass is 79.9. The predicted molar refractivity (Wildman–Crippen MR) is 67.8 cm³/mol. The van der Waals surface area contributed by atoms with E-state index in [2.05, 4.69) is 31.2 Å². The second-order valence-electron chi connectivity index (χ2n) is 3.66. The maximum Gasteiger partial charge on any atom is 0.275 e. The molecule has 1 N–H and O–H groups in total. The Morgan fingerprint density at radius 2 is 2.24 bits per heavy atom. The molecule has 0 unspecified atom stereocenters. The van der Waals surface area contributed by atoms with E-state index >= 15 is 0 Å². The molecule has 0 bridgehead atoms. The molecule has 88 valence electrons. The zero-order chi connectivity index (χ0) is 12.4. The number of hydrogen-bond donors (Lipinski definition) is 1. The minimum Gasteiger partial charge on any atom is -0.330 e. The fourth-order valence-corrected chi connectivity index (χ4v) is 1.58. The van der Waals surface area contributed by atoms with Crippen LogP contribution in [0, 0.1) is 6.92 Å². The molecule has 0 aromatic carbocycles. The molecule has 0 aliphatic rings. The molecule has 0 radical (unpaired) electrons. The normalized spacial score (nSPS) is 10.3. The van der Waals surface area contributed by atoms with Crippen LogP contribution < -0.4 is 5.32 Å². The van der Waals surface area contributed by atoms with Gasteiger partial charge < -0.3 is 9.88 Å². The Labute approximate surface area is 107 Å². The first-order valence-electron chi connectivity index (χ1n) is 4.98. The number of carbonyl (C=O) groups excluding carboxylic acids is 1. The topological polar surface area (TPSA) is 59.8 Å². The molecule has 5 nitrogen and oxygen atoms in total. The summed E-state index contributed by atoms with van der Waals surface area (Å²) in [5.74, 6) is 0.302. The lowest BCUT2D eigenvalue weighted by molar-refractivity contribution is 0.101. The number of imidazole rings is 1. The molecule has 0 fully saturated rings. The molecule has 0 spiro atoms. The van der Waals surface area contributed by atoms with Crippen molar-refractivity contribution in [3.8, 4) is 0 Å². The summed E-state index contributed by atoms with van der Waals surface area (Å²) in [4.78, 5) is 19.9. The van der Waals surface area contributed by atoms with E-state index in [4.69, 9.17) is 0 Å². The van der Waals surface area contributed by atoms with Gasteiger partial charge in [-0.15, -0.1) is 0 Å². The Morgan fingerprint density at radius 1 is 1.47 bits per heavy atom. The Morgan fingerprint density at radius 3 is 2.82 bits per heavy atom. The third kappa shape index (κ3) is 2.52. The summed E-state index contributed by atoms with van der Waals surface area (Å²) in [5.41, 5.74) is 1.51. The van der Waals surface area contributed by atoms with Crippen LogP contribution in [-0.2, 0) is 7.05 Å². The van der Waals surface area contributed by atoms with Crippen LogP contribution in [0.3, 0.4) is 0 Å². The van der Waals surface area contributed by atoms with Crippen LogP contribution in [-0.4, -0.2) is 20.4 Å². The van der Waals surface area contributed by atoms with Crippen LogP contribution in [0.1, 0.15) is 16.1 Å². The van der Waals surface area contributed by atoms with Gasteiger partial charge >= 0.3 is 0 Å². The van der Waals surface area contributed by atoms with Crippen LogP contribution in [0.5, 0.6) is 0 Å². The summed E-state index contributed by atoms with van der Waals surface area (Å²) in [6.45, 7) is 1.94. The standard InChI is InChI=1S/C11H11BrN4O/c1-7-3-10(14-4-8(7)12)15-11(17)9-5-13-6-16(9)2/h3-6H,1-2H3,(H,14,15,17). The van der Waals surface area contributed by atoms with Gasteiger partial charge in [-0.25, -0.2) is 9.97 Å². The highest BCUT2D eigenvalue weighted by Crippen LogP contribution is 2.17. The van der Waals surface area contributed by atoms with Crippen LogP contribution >= 0.6 is 15.9 Å². The van der Waals surface area contributed by atoms with Gasteiger partial charge in [0.15, 0.2) is 0 Å². The average Bonchev–Trinajstić information content (AvgIpc) is 2.70. The molecule has 1 amide bonds. The van der Waals surface area contributed by atoms with Gasteiger partial charge in [-0.3, -0.25) is 4.79 Å². The third-order valence-electron chi connectivity index (χ3n) is 2.34. The summed E-state index contributed by atoms with van der Waals surface area (Å²) in [6, 6.07) is 1.80. The van der Waals surface area contributed by atoms with Crippen LogP contribution in [0.4, 0.5) is 5.82 Å². The number of pyridine rings is 1. The maximum absolute atomic E-state index is 11.9. The molecule has 0 aliphatic carbocycles. The number of halogens is 1. The van der Waals surface area contributed by atoms with Gasteiger partial charge in [0.2, 0.25) is 0 Å². The van der Waals surface area contributed by atoms with Crippen LogP contribution in [0.2, 0.25) is 0 Å². The van der Waals surface area contributed by atoms with Crippen molar-refractivity contribution in [2.24, 2.45) is 7.05 Å². The Kier molecular flexibility index (Phi) is 3.23. The van der Waals surface area contributed by atoms with E-state index in [-0.39, 0.29) is 5.91 Å². The number of amides is 1. The van der Waals surface area contributed by atoms with Crippen LogP contribution in [0.15, 0.2) is 29.3 Å². The second-order valence-corrected chi connectivity index (χ2v) is 4.52. The minimum atomic E-state index is -0.223. The lowest BCUT2D eigenvalue weighted by Crippen LogP contribution is -2.16. The molecule has 2 aromatic rings. The number of aryl methyl sites for hydroxylation is 2. The number of nitrogens with zero attached hydrogens (tertiary/aromatic N) is 3. The van der Waals surface area contributed by atoms with E-state index < -0.39 is 0 Å². The van der Waals surface area contributed by atoms with Crippen molar-refractivity contribution in [2.45, 2.75) is 6.92 Å². The first-order chi connectivity index (χ1) is 8.08. The summed E-state index contributed by atoms with van der Waals surface area (Å²) < 4.78 is 2.57. The SMILES string of the molecule is Cc1cc(NC(=O)c2cncn2C)ncc1Br. The zero-order valence-electron chi connectivity index (χ0n) is 9.44. The molecule has 2 aromatic heterocycles. The highest BCUT2D eigenvalue weighted by Gasteiger charge is 2.10. The van der Waals surface area contributed by atoms with E-state index in [9.17, 15) is 4.79 Å². The fourth-order valence-electron chi connectivity index (χ4n) is 1.36. The minimum absolute atomic E-state index is 0.223. The van der Waals surface area contributed by atoms with Gasteiger partial charge in [-0.2, -0.15) is 0 Å². The van der Waals surface area contributed by atoms with Gasteiger partial charge in [0.05, 0.1) is 12.5 Å². The van der Waals surface area contributed by atoms with E-state index in [0.717, 1.165) is 10.0 Å². The van der Waals surface area contributed by atoms with E-state index in [1.54, 1.807) is 30.2 Å². The molecule has 2 rings (SSSR count). The summed E-state index contributed by atoms with van der Waals surface area (Å²) >= 11 is 3.36. The number of hydrogen-bond acceptors (Lipinski definition) is 3. The summed E-state index contributed by atoms with van der Waals surface area (Å²) in [6.07, 6.45) is 4.75. The first-order valence-corrected chi connectivity index (χ1v) is 5.77. The van der Waals surface area contributed by atoms with Crippen molar-refractivity contribution in [1.29, 1.82) is 0 Å². The number of anilines is 1. The van der Waals surface area contributed by atoms with Gasteiger partial charge in [0, 0.05) is 17.7 Å². The van der Waals surface area contributed by atoms with E-state index in [0.29, 0.717) is 11.5 Å². The third-order valence-corrected chi connectivity index (χ3v) is 3.17. The fraction of sp³-hybridized carbons (Fsp3) is 0.182. The molecule has 6 heteroatoms. The number of aromatic nitrogens is 3. The average molecular weight is 295 g/mol. The van der Waals surface area contributed by atoms with Gasteiger partial charge in [-0.05, 0) is 34.5 Å². The Hall–Kier alpha value is -1.69. The largest absolute Gasteiger partial charge is 0.330 e. The molecule has 0 aliphatic heterocycles. The van der Waals surface area contributed by atoms with Gasteiger partial charge in [0.1, 0.15) is 11.5 Å². The molecule has 0 saturated carbocycles. The molecular formula is C11H11BrN4O. The monoisotopic (exact) mass is 294 g/mol. The van der Waals surface area contributed by atoms with Crippen molar-refractivity contribution < 1.29 is 4.79 Å². The quantitative estimate of drug-likeness (QED) is 0.923. The van der Waals surface area contributed by atoms with E-state index in [1.165, 1.54) is 6.20 Å². The van der Waals surface area contributed by atoms with Gasteiger partial charge in [-0.1, -0.05) is 0 Å².